The van der Waals surface area contributed by atoms with Crippen molar-refractivity contribution in [1.29, 1.82) is 0 Å². The largest absolute Gasteiger partial charge is 0.497 e. The molecule has 0 amide bonds. The zero-order valence-corrected chi connectivity index (χ0v) is 18.3. The summed E-state index contributed by atoms with van der Waals surface area (Å²) in [6, 6.07) is 24.5. The number of likely N-dealkylation sites (N-methyl/N-ethyl adjacent to an activating group) is 1. The zero-order valence-electron chi connectivity index (χ0n) is 18.3. The van der Waals surface area contributed by atoms with Gasteiger partial charge in [-0.25, -0.2) is 0 Å². The van der Waals surface area contributed by atoms with Gasteiger partial charge in [0.15, 0.2) is 17.6 Å². The Balaban J connectivity index is 1.72. The molecule has 0 spiro atoms. The quantitative estimate of drug-likeness (QED) is 0.537. The maximum atomic E-state index is 6.56. The van der Waals surface area contributed by atoms with Crippen molar-refractivity contribution in [3.8, 4) is 17.2 Å². The van der Waals surface area contributed by atoms with Gasteiger partial charge in [0.25, 0.3) is 0 Å². The van der Waals surface area contributed by atoms with Crippen LogP contribution in [0.4, 0.5) is 5.69 Å². The van der Waals surface area contributed by atoms with Gasteiger partial charge in [0, 0.05) is 12.7 Å². The summed E-state index contributed by atoms with van der Waals surface area (Å²) in [7, 11) is 3.70. The molecular weight excluding hydrogens is 374 g/mol. The lowest BCUT2D eigenvalue weighted by molar-refractivity contribution is 0.0203. The zero-order chi connectivity index (χ0) is 21.3. The van der Waals surface area contributed by atoms with Crippen molar-refractivity contribution in [3.05, 3.63) is 83.9 Å². The van der Waals surface area contributed by atoms with Crippen LogP contribution in [0.2, 0.25) is 0 Å². The molecule has 3 aromatic carbocycles. The highest BCUT2D eigenvalue weighted by Crippen LogP contribution is 2.43. The molecule has 0 fully saturated rings. The van der Waals surface area contributed by atoms with Crippen LogP contribution in [-0.4, -0.2) is 20.4 Å². The second kappa shape index (κ2) is 7.94. The molecule has 1 aliphatic rings. The van der Waals surface area contributed by atoms with Crippen LogP contribution < -0.4 is 19.1 Å². The first-order chi connectivity index (χ1) is 14.4. The van der Waals surface area contributed by atoms with E-state index in [1.54, 1.807) is 7.11 Å². The van der Waals surface area contributed by atoms with E-state index < -0.39 is 0 Å². The van der Waals surface area contributed by atoms with Gasteiger partial charge in [-0.2, -0.15) is 0 Å². The van der Waals surface area contributed by atoms with Crippen molar-refractivity contribution in [3.63, 3.8) is 0 Å². The normalized spacial score (nSPS) is 18.0. The van der Waals surface area contributed by atoms with Crippen molar-refractivity contribution < 1.29 is 14.2 Å². The Bertz CT molecular complexity index is 993. The first-order valence-corrected chi connectivity index (χ1v) is 10.3. The lowest BCUT2D eigenvalue weighted by Crippen LogP contribution is -2.45. The third kappa shape index (κ3) is 3.95. The highest BCUT2D eigenvalue weighted by Gasteiger charge is 2.36. The van der Waals surface area contributed by atoms with E-state index >= 15 is 0 Å². The number of fused-ring (bicyclic) bond motifs is 1. The monoisotopic (exact) mass is 403 g/mol. The van der Waals surface area contributed by atoms with E-state index in [0.717, 1.165) is 28.5 Å². The highest BCUT2D eigenvalue weighted by molar-refractivity contribution is 5.52. The van der Waals surface area contributed by atoms with Crippen molar-refractivity contribution >= 4 is 5.69 Å². The lowest BCUT2D eigenvalue weighted by Gasteiger charge is -2.40. The number of methoxy groups -OCH3 is 1. The van der Waals surface area contributed by atoms with Crippen molar-refractivity contribution in [2.75, 3.05) is 19.1 Å². The number of hydrogen-bond acceptors (Lipinski definition) is 4. The summed E-state index contributed by atoms with van der Waals surface area (Å²) in [6.07, 6.45) is -0.574. The molecule has 4 nitrogen and oxygen atoms in total. The minimum atomic E-state index is -0.311. The summed E-state index contributed by atoms with van der Waals surface area (Å²) in [6.45, 7) is 6.61. The van der Waals surface area contributed by atoms with Crippen LogP contribution in [0.3, 0.4) is 0 Å². The van der Waals surface area contributed by atoms with Gasteiger partial charge < -0.3 is 19.1 Å². The minimum absolute atomic E-state index is 0.0391. The van der Waals surface area contributed by atoms with Gasteiger partial charge in [-0.05, 0) is 52.9 Å². The average molecular weight is 404 g/mol. The molecule has 156 valence electrons. The molecule has 0 saturated heterocycles. The van der Waals surface area contributed by atoms with E-state index in [2.05, 4.69) is 49.9 Å². The Morgan fingerprint density at radius 1 is 0.833 bits per heavy atom. The summed E-state index contributed by atoms with van der Waals surface area (Å²) in [5.41, 5.74) is 3.37. The molecular formula is C26H29NO3. The van der Waals surface area contributed by atoms with Gasteiger partial charge in [0.2, 0.25) is 6.23 Å². The van der Waals surface area contributed by atoms with Crippen LogP contribution in [0, 0.1) is 0 Å². The van der Waals surface area contributed by atoms with Crippen LogP contribution >= 0.6 is 0 Å². The van der Waals surface area contributed by atoms with Gasteiger partial charge in [-0.15, -0.1) is 0 Å². The third-order valence-corrected chi connectivity index (χ3v) is 5.56. The van der Waals surface area contributed by atoms with Crippen molar-refractivity contribution in [2.45, 2.75) is 38.5 Å². The molecule has 3 aromatic rings. The van der Waals surface area contributed by atoms with Crippen molar-refractivity contribution in [1.82, 2.24) is 0 Å². The van der Waals surface area contributed by atoms with Crippen LogP contribution in [0.25, 0.3) is 0 Å². The number of hydrogen-bond donors (Lipinski definition) is 0. The van der Waals surface area contributed by atoms with Gasteiger partial charge >= 0.3 is 0 Å². The predicted molar refractivity (Wildman–Crippen MR) is 121 cm³/mol. The maximum Gasteiger partial charge on any atom is 0.213 e. The molecule has 2 atom stereocenters. The smallest absolute Gasteiger partial charge is 0.213 e. The first kappa shape index (κ1) is 20.1. The highest BCUT2D eigenvalue weighted by atomic mass is 16.6. The second-order valence-corrected chi connectivity index (χ2v) is 8.68. The molecule has 0 aliphatic carbocycles. The lowest BCUT2D eigenvalue weighted by atomic mass is 9.87. The minimum Gasteiger partial charge on any atom is -0.497 e. The molecule has 0 N–H and O–H groups in total. The number of nitrogens with zero attached hydrogens (tertiary/aromatic N) is 1. The van der Waals surface area contributed by atoms with Gasteiger partial charge in [0.1, 0.15) is 5.75 Å². The number of ether oxygens (including phenoxy) is 3. The Morgan fingerprint density at radius 3 is 2.17 bits per heavy atom. The Morgan fingerprint density at radius 2 is 1.53 bits per heavy atom. The topological polar surface area (TPSA) is 30.9 Å². The summed E-state index contributed by atoms with van der Waals surface area (Å²) in [5, 5.41) is 0. The number of benzene rings is 3. The van der Waals surface area contributed by atoms with E-state index in [1.807, 2.05) is 55.6 Å². The van der Waals surface area contributed by atoms with Gasteiger partial charge in [-0.1, -0.05) is 57.2 Å². The standard InChI is InChI=1S/C26H29NO3/c1-26(2,3)19-11-16-22-23(17-19)29-24(18-9-7-6-8-10-18)25(30-22)27(4)20-12-14-21(28-5)15-13-20/h6-17,24-25H,1-5H3. The SMILES string of the molecule is COc1ccc(N(C)C2Oc3ccc(C(C)(C)C)cc3OC2c2ccccc2)cc1. The third-order valence-electron chi connectivity index (χ3n) is 5.56. The van der Waals surface area contributed by atoms with E-state index in [4.69, 9.17) is 14.2 Å². The van der Waals surface area contributed by atoms with E-state index in [0.29, 0.717) is 0 Å². The van der Waals surface area contributed by atoms with Crippen LogP contribution in [0.1, 0.15) is 38.0 Å². The summed E-state index contributed by atoms with van der Waals surface area (Å²) in [4.78, 5) is 2.11. The fourth-order valence-electron chi connectivity index (χ4n) is 3.67. The van der Waals surface area contributed by atoms with Crippen molar-refractivity contribution in [2.24, 2.45) is 0 Å². The molecule has 30 heavy (non-hydrogen) atoms. The van der Waals surface area contributed by atoms with Gasteiger partial charge in [-0.3, -0.25) is 0 Å². The first-order valence-electron chi connectivity index (χ1n) is 10.3. The Kier molecular flexibility index (Phi) is 5.33. The molecule has 0 aromatic heterocycles. The fourth-order valence-corrected chi connectivity index (χ4v) is 3.67. The number of anilines is 1. The summed E-state index contributed by atoms with van der Waals surface area (Å²) in [5.74, 6) is 2.38. The Labute approximate surface area is 179 Å². The van der Waals surface area contributed by atoms with E-state index in [-0.39, 0.29) is 17.7 Å². The van der Waals surface area contributed by atoms with Crippen LogP contribution in [0.15, 0.2) is 72.8 Å². The van der Waals surface area contributed by atoms with Crippen LogP contribution in [0.5, 0.6) is 17.2 Å². The molecule has 1 aliphatic heterocycles. The second-order valence-electron chi connectivity index (χ2n) is 8.68. The van der Waals surface area contributed by atoms with E-state index in [9.17, 15) is 0 Å². The molecule has 2 unspecified atom stereocenters. The average Bonchev–Trinajstić information content (AvgIpc) is 2.77. The molecule has 1 heterocycles. The Hall–Kier alpha value is -3.14. The predicted octanol–water partition coefficient (Wildman–Crippen LogP) is 5.97. The molecule has 0 bridgehead atoms. The molecule has 0 saturated carbocycles. The summed E-state index contributed by atoms with van der Waals surface area (Å²) >= 11 is 0. The fraction of sp³-hybridized carbons (Fsp3) is 0.308. The maximum absolute atomic E-state index is 6.56. The van der Waals surface area contributed by atoms with E-state index in [1.165, 1.54) is 5.56 Å². The molecule has 4 heteroatoms. The van der Waals surface area contributed by atoms with Gasteiger partial charge in [0.05, 0.1) is 7.11 Å². The van der Waals surface area contributed by atoms with Crippen LogP contribution in [-0.2, 0) is 5.41 Å². The molecule has 0 radical (unpaired) electrons. The molecule has 4 rings (SSSR count). The summed E-state index contributed by atoms with van der Waals surface area (Å²) < 4.78 is 18.4. The number of rotatable bonds is 4.